The van der Waals surface area contributed by atoms with Gasteiger partial charge in [0.25, 0.3) is 5.91 Å². The Hall–Kier alpha value is -3.63. The standard InChI is InChI=1S/C25H22BrN5O3S/c1-16(18-10-13-21(32)22(14-18)34-2)27-28-23(33)15-35-25-30-29-24(17-8-11-19(26)12-9-17)31(25)20-6-4-3-5-7-20/h3-14,32H,15H2,1-2H3,(H,28,33). The molecule has 2 N–H and O–H groups in total. The van der Waals surface area contributed by atoms with Crippen molar-refractivity contribution in [2.45, 2.75) is 12.1 Å². The van der Waals surface area contributed by atoms with Gasteiger partial charge >= 0.3 is 0 Å². The molecule has 1 heterocycles. The van der Waals surface area contributed by atoms with Crippen LogP contribution in [0.1, 0.15) is 12.5 Å². The van der Waals surface area contributed by atoms with E-state index in [1.54, 1.807) is 19.1 Å². The number of ether oxygens (including phenoxy) is 1. The Labute approximate surface area is 215 Å². The van der Waals surface area contributed by atoms with E-state index in [4.69, 9.17) is 4.74 Å². The summed E-state index contributed by atoms with van der Waals surface area (Å²) in [7, 11) is 1.47. The van der Waals surface area contributed by atoms with Crippen LogP contribution >= 0.6 is 27.7 Å². The molecular formula is C25H22BrN5O3S. The van der Waals surface area contributed by atoms with Crippen molar-refractivity contribution in [1.29, 1.82) is 0 Å². The van der Waals surface area contributed by atoms with Crippen LogP contribution in [0.25, 0.3) is 17.1 Å². The number of nitrogens with one attached hydrogen (secondary N) is 1. The molecule has 0 aliphatic rings. The molecule has 3 aromatic carbocycles. The Balaban J connectivity index is 1.50. The molecule has 0 atom stereocenters. The number of methoxy groups -OCH3 is 1. The lowest BCUT2D eigenvalue weighted by atomic mass is 10.1. The first-order chi connectivity index (χ1) is 17.0. The van der Waals surface area contributed by atoms with Crippen molar-refractivity contribution in [3.63, 3.8) is 0 Å². The minimum Gasteiger partial charge on any atom is -0.504 e. The molecule has 0 radical (unpaired) electrons. The van der Waals surface area contributed by atoms with Crippen LogP contribution in [0, 0.1) is 0 Å². The third-order valence-electron chi connectivity index (χ3n) is 5.03. The predicted octanol–water partition coefficient (Wildman–Crippen LogP) is 5.04. The molecule has 0 saturated heterocycles. The zero-order valence-electron chi connectivity index (χ0n) is 19.0. The van der Waals surface area contributed by atoms with Crippen LogP contribution in [0.2, 0.25) is 0 Å². The number of hydrogen-bond donors (Lipinski definition) is 2. The summed E-state index contributed by atoms with van der Waals surface area (Å²) in [4.78, 5) is 12.5. The van der Waals surface area contributed by atoms with E-state index < -0.39 is 0 Å². The molecule has 4 rings (SSSR count). The second-order valence-corrected chi connectivity index (χ2v) is 9.25. The largest absolute Gasteiger partial charge is 0.504 e. The van der Waals surface area contributed by atoms with Gasteiger partial charge in [-0.3, -0.25) is 9.36 Å². The number of aromatic hydroxyl groups is 1. The highest BCUT2D eigenvalue weighted by Crippen LogP contribution is 2.29. The van der Waals surface area contributed by atoms with Gasteiger partial charge in [-0.25, -0.2) is 5.43 Å². The summed E-state index contributed by atoms with van der Waals surface area (Å²) in [5.41, 5.74) is 5.67. The van der Waals surface area contributed by atoms with Crippen molar-refractivity contribution in [1.82, 2.24) is 20.2 Å². The number of rotatable bonds is 8. The molecule has 1 amide bonds. The molecule has 0 aliphatic carbocycles. The van der Waals surface area contributed by atoms with Gasteiger partial charge in [-0.2, -0.15) is 5.10 Å². The molecule has 0 fully saturated rings. The Morgan fingerprint density at radius 1 is 1.11 bits per heavy atom. The van der Waals surface area contributed by atoms with Gasteiger partial charge in [0.2, 0.25) is 0 Å². The van der Waals surface area contributed by atoms with Gasteiger partial charge in [0, 0.05) is 21.3 Å². The lowest BCUT2D eigenvalue weighted by Crippen LogP contribution is -2.21. The molecule has 10 heteroatoms. The van der Waals surface area contributed by atoms with Crippen LogP contribution in [-0.2, 0) is 4.79 Å². The van der Waals surface area contributed by atoms with Gasteiger partial charge in [0.15, 0.2) is 22.5 Å². The maximum Gasteiger partial charge on any atom is 0.250 e. The summed E-state index contributed by atoms with van der Waals surface area (Å²) in [5.74, 6) is 0.867. The molecule has 178 valence electrons. The molecule has 0 spiro atoms. The number of carbonyl (C=O) groups is 1. The minimum absolute atomic E-state index is 0.0366. The number of benzene rings is 3. The smallest absolute Gasteiger partial charge is 0.250 e. The zero-order valence-corrected chi connectivity index (χ0v) is 21.4. The fourth-order valence-corrected chi connectivity index (χ4v) is 4.24. The number of amides is 1. The molecule has 0 aliphatic heterocycles. The first kappa shape index (κ1) is 24.5. The van der Waals surface area contributed by atoms with Gasteiger partial charge in [-0.15, -0.1) is 10.2 Å². The summed E-state index contributed by atoms with van der Waals surface area (Å²) in [5, 5.41) is 23.3. The van der Waals surface area contributed by atoms with Crippen LogP contribution in [-0.4, -0.2) is 44.4 Å². The number of thioether (sulfide) groups is 1. The molecule has 35 heavy (non-hydrogen) atoms. The third kappa shape index (κ3) is 5.90. The molecular weight excluding hydrogens is 530 g/mol. The van der Waals surface area contributed by atoms with Crippen LogP contribution in [0.15, 0.2) is 87.5 Å². The number of para-hydroxylation sites is 1. The molecule has 1 aromatic heterocycles. The van der Waals surface area contributed by atoms with Crippen LogP contribution < -0.4 is 10.2 Å². The van der Waals surface area contributed by atoms with E-state index in [1.165, 1.54) is 24.9 Å². The molecule has 0 unspecified atom stereocenters. The van der Waals surface area contributed by atoms with E-state index in [0.717, 1.165) is 21.3 Å². The molecule has 4 aromatic rings. The van der Waals surface area contributed by atoms with E-state index in [0.29, 0.717) is 22.4 Å². The molecule has 8 nitrogen and oxygen atoms in total. The zero-order chi connectivity index (χ0) is 24.8. The van der Waals surface area contributed by atoms with Crippen molar-refractivity contribution in [3.8, 4) is 28.6 Å². The lowest BCUT2D eigenvalue weighted by molar-refractivity contribution is -0.118. The number of hydrazone groups is 1. The summed E-state index contributed by atoms with van der Waals surface area (Å²) in [6, 6.07) is 22.5. The predicted molar refractivity (Wildman–Crippen MR) is 140 cm³/mol. The Morgan fingerprint density at radius 3 is 2.57 bits per heavy atom. The average molecular weight is 552 g/mol. The highest BCUT2D eigenvalue weighted by atomic mass is 79.9. The van der Waals surface area contributed by atoms with E-state index in [1.807, 2.05) is 59.2 Å². The van der Waals surface area contributed by atoms with E-state index in [2.05, 4.69) is 36.7 Å². The van der Waals surface area contributed by atoms with Crippen molar-refractivity contribution in [2.24, 2.45) is 5.10 Å². The number of phenols is 1. The van der Waals surface area contributed by atoms with E-state index >= 15 is 0 Å². The fraction of sp³-hybridized carbons (Fsp3) is 0.120. The highest BCUT2D eigenvalue weighted by Gasteiger charge is 2.17. The summed E-state index contributed by atoms with van der Waals surface area (Å²) in [6.07, 6.45) is 0. The SMILES string of the molecule is COc1cc(C(C)=NNC(=O)CSc2nnc(-c3ccc(Br)cc3)n2-c2ccccc2)ccc1O. The van der Waals surface area contributed by atoms with E-state index in [9.17, 15) is 9.90 Å². The first-order valence-corrected chi connectivity index (χ1v) is 12.3. The number of aromatic nitrogens is 3. The average Bonchev–Trinajstić information content (AvgIpc) is 3.31. The number of phenolic OH excluding ortho intramolecular Hbond substituents is 1. The fourth-order valence-electron chi connectivity index (χ4n) is 3.23. The highest BCUT2D eigenvalue weighted by molar-refractivity contribution is 9.10. The van der Waals surface area contributed by atoms with Crippen LogP contribution in [0.3, 0.4) is 0 Å². The number of carbonyl (C=O) groups excluding carboxylic acids is 1. The van der Waals surface area contributed by atoms with Gasteiger partial charge < -0.3 is 9.84 Å². The maximum absolute atomic E-state index is 12.5. The Bertz CT molecular complexity index is 1360. The van der Waals surface area contributed by atoms with Crippen molar-refractivity contribution in [2.75, 3.05) is 12.9 Å². The maximum atomic E-state index is 12.5. The number of hydrogen-bond acceptors (Lipinski definition) is 7. The summed E-state index contributed by atoms with van der Waals surface area (Å²) in [6.45, 7) is 1.76. The van der Waals surface area contributed by atoms with Crippen molar-refractivity contribution in [3.05, 3.63) is 82.8 Å². The molecule has 0 bridgehead atoms. The van der Waals surface area contributed by atoms with Gasteiger partial charge in [-0.05, 0) is 49.4 Å². The monoisotopic (exact) mass is 551 g/mol. The van der Waals surface area contributed by atoms with Gasteiger partial charge in [0.1, 0.15) is 0 Å². The quantitative estimate of drug-likeness (QED) is 0.180. The Kier molecular flexibility index (Phi) is 7.84. The van der Waals surface area contributed by atoms with E-state index in [-0.39, 0.29) is 17.4 Å². The normalized spacial score (nSPS) is 11.3. The third-order valence-corrected chi connectivity index (χ3v) is 6.49. The summed E-state index contributed by atoms with van der Waals surface area (Å²) >= 11 is 4.73. The topological polar surface area (TPSA) is 102 Å². The Morgan fingerprint density at radius 2 is 1.86 bits per heavy atom. The van der Waals surface area contributed by atoms with Gasteiger partial charge in [0.05, 0.1) is 18.6 Å². The first-order valence-electron chi connectivity index (χ1n) is 10.6. The van der Waals surface area contributed by atoms with Gasteiger partial charge in [-0.1, -0.05) is 58.0 Å². The molecule has 0 saturated carbocycles. The van der Waals surface area contributed by atoms with Crippen molar-refractivity contribution < 1.29 is 14.6 Å². The van der Waals surface area contributed by atoms with Crippen molar-refractivity contribution >= 4 is 39.3 Å². The second kappa shape index (κ2) is 11.2. The van der Waals surface area contributed by atoms with Crippen LogP contribution in [0.4, 0.5) is 0 Å². The lowest BCUT2D eigenvalue weighted by Gasteiger charge is -2.10. The minimum atomic E-state index is -0.284. The van der Waals surface area contributed by atoms with Crippen LogP contribution in [0.5, 0.6) is 11.5 Å². The number of nitrogens with zero attached hydrogens (tertiary/aromatic N) is 4. The number of halogens is 1. The second-order valence-electron chi connectivity index (χ2n) is 7.39. The summed E-state index contributed by atoms with van der Waals surface area (Å²) < 4.78 is 8.02.